The predicted molar refractivity (Wildman–Crippen MR) is 69.2 cm³/mol. The van der Waals surface area contributed by atoms with Crippen LogP contribution in [0.15, 0.2) is 35.2 Å². The number of nitrogens with zero attached hydrogens (tertiary/aromatic N) is 1. The molecule has 0 fully saturated rings. The first-order chi connectivity index (χ1) is 7.70. The van der Waals surface area contributed by atoms with E-state index in [9.17, 15) is 0 Å². The molecule has 0 saturated heterocycles. The maximum absolute atomic E-state index is 8.92. The molecule has 0 spiro atoms. The molecule has 86 valence electrons. The summed E-state index contributed by atoms with van der Waals surface area (Å²) in [6, 6.07) is 12.5. The summed E-state index contributed by atoms with van der Waals surface area (Å²) in [6.45, 7) is 1.97. The van der Waals surface area contributed by atoms with E-state index in [1.54, 1.807) is 0 Å². The van der Waals surface area contributed by atoms with E-state index in [-0.39, 0.29) is 0 Å². The van der Waals surface area contributed by atoms with Gasteiger partial charge in [-0.2, -0.15) is 5.26 Å². The monoisotopic (exact) mass is 234 g/mol. The summed E-state index contributed by atoms with van der Waals surface area (Å²) >= 11 is 1.82. The molecule has 2 nitrogen and oxygen atoms in total. The van der Waals surface area contributed by atoms with Crippen molar-refractivity contribution in [2.24, 2.45) is 5.73 Å². The van der Waals surface area contributed by atoms with E-state index >= 15 is 0 Å². The Kier molecular flexibility index (Phi) is 5.37. The zero-order valence-corrected chi connectivity index (χ0v) is 10.5. The van der Waals surface area contributed by atoms with Crippen LogP contribution in [-0.4, -0.2) is 11.3 Å². The lowest BCUT2D eigenvalue weighted by Crippen LogP contribution is -2.37. The number of hydrogen-bond donors (Lipinski definition) is 1. The molecular weight excluding hydrogens is 216 g/mol. The lowest BCUT2D eigenvalue weighted by molar-refractivity contribution is 0.478. The first-order valence-electron chi connectivity index (χ1n) is 5.58. The smallest absolute Gasteiger partial charge is 0.104 e. The average molecular weight is 234 g/mol. The van der Waals surface area contributed by atoms with Crippen LogP contribution >= 0.6 is 11.8 Å². The van der Waals surface area contributed by atoms with Crippen LogP contribution in [0.5, 0.6) is 0 Å². The number of benzene rings is 1. The van der Waals surface area contributed by atoms with Gasteiger partial charge in [0.05, 0.1) is 6.07 Å². The van der Waals surface area contributed by atoms with Crippen LogP contribution in [0.4, 0.5) is 0 Å². The molecule has 1 aromatic rings. The van der Waals surface area contributed by atoms with Crippen LogP contribution in [0.2, 0.25) is 0 Å². The highest BCUT2D eigenvalue weighted by Crippen LogP contribution is 2.21. The van der Waals surface area contributed by atoms with Gasteiger partial charge in [-0.05, 0) is 37.1 Å². The van der Waals surface area contributed by atoms with E-state index in [1.807, 2.05) is 36.9 Å². The Labute approximate surface area is 102 Å². The molecule has 3 heteroatoms. The van der Waals surface area contributed by atoms with Crippen molar-refractivity contribution in [3.63, 3.8) is 0 Å². The predicted octanol–water partition coefficient (Wildman–Crippen LogP) is 3.19. The van der Waals surface area contributed by atoms with Gasteiger partial charge in [0.2, 0.25) is 0 Å². The molecule has 1 atom stereocenters. The fraction of sp³-hybridized carbons (Fsp3) is 0.462. The topological polar surface area (TPSA) is 49.8 Å². The number of rotatable bonds is 6. The van der Waals surface area contributed by atoms with Crippen LogP contribution in [0.1, 0.15) is 26.2 Å². The molecule has 16 heavy (non-hydrogen) atoms. The number of hydrogen-bond acceptors (Lipinski definition) is 3. The number of nitriles is 1. The van der Waals surface area contributed by atoms with Crippen LogP contribution in [0.25, 0.3) is 0 Å². The Morgan fingerprint density at radius 1 is 1.38 bits per heavy atom. The number of thioether (sulfide) groups is 1. The largest absolute Gasteiger partial charge is 0.313 e. The third kappa shape index (κ3) is 4.26. The van der Waals surface area contributed by atoms with Crippen molar-refractivity contribution in [1.82, 2.24) is 0 Å². The molecule has 0 aliphatic carbocycles. The molecule has 0 aliphatic heterocycles. The van der Waals surface area contributed by atoms with E-state index in [0.717, 1.165) is 25.0 Å². The van der Waals surface area contributed by atoms with Crippen molar-refractivity contribution < 1.29 is 0 Å². The summed E-state index contributed by atoms with van der Waals surface area (Å²) in [5, 5.41) is 8.92. The SMILES string of the molecule is CCC(N)(C#N)CCCSc1ccccc1. The minimum Gasteiger partial charge on any atom is -0.313 e. The normalized spacial score (nSPS) is 14.1. The van der Waals surface area contributed by atoms with Crippen LogP contribution in [0, 0.1) is 11.3 Å². The van der Waals surface area contributed by atoms with Gasteiger partial charge in [0.25, 0.3) is 0 Å². The van der Waals surface area contributed by atoms with Gasteiger partial charge in [0.15, 0.2) is 0 Å². The van der Waals surface area contributed by atoms with Gasteiger partial charge in [0.1, 0.15) is 5.54 Å². The quantitative estimate of drug-likeness (QED) is 0.607. The van der Waals surface area contributed by atoms with E-state index in [2.05, 4.69) is 18.2 Å². The Morgan fingerprint density at radius 2 is 2.06 bits per heavy atom. The third-order valence-electron chi connectivity index (χ3n) is 2.63. The molecule has 0 amide bonds. The van der Waals surface area contributed by atoms with Gasteiger partial charge in [-0.25, -0.2) is 0 Å². The van der Waals surface area contributed by atoms with Crippen molar-refractivity contribution in [2.45, 2.75) is 36.6 Å². The maximum Gasteiger partial charge on any atom is 0.104 e. The van der Waals surface area contributed by atoms with Gasteiger partial charge < -0.3 is 5.73 Å². The van der Waals surface area contributed by atoms with Crippen LogP contribution in [0.3, 0.4) is 0 Å². The summed E-state index contributed by atoms with van der Waals surface area (Å²) < 4.78 is 0. The Bertz CT molecular complexity index is 345. The lowest BCUT2D eigenvalue weighted by Gasteiger charge is -2.18. The Balaban J connectivity index is 2.25. The molecular formula is C13H18N2S. The first kappa shape index (κ1) is 13.1. The molecule has 0 bridgehead atoms. The molecule has 0 heterocycles. The summed E-state index contributed by atoms with van der Waals surface area (Å²) in [4.78, 5) is 1.28. The Hall–Kier alpha value is -0.980. The van der Waals surface area contributed by atoms with Gasteiger partial charge in [0, 0.05) is 4.90 Å². The minimum absolute atomic E-state index is 0.628. The van der Waals surface area contributed by atoms with E-state index in [4.69, 9.17) is 11.0 Å². The summed E-state index contributed by atoms with van der Waals surface area (Å²) in [6.07, 6.45) is 2.48. The first-order valence-corrected chi connectivity index (χ1v) is 6.57. The molecule has 0 aromatic heterocycles. The molecule has 0 radical (unpaired) electrons. The van der Waals surface area contributed by atoms with Crippen molar-refractivity contribution in [2.75, 3.05) is 5.75 Å². The second-order valence-electron chi connectivity index (χ2n) is 3.89. The van der Waals surface area contributed by atoms with Gasteiger partial charge in [-0.1, -0.05) is 25.1 Å². The fourth-order valence-electron chi connectivity index (χ4n) is 1.41. The van der Waals surface area contributed by atoms with Crippen molar-refractivity contribution in [3.8, 4) is 6.07 Å². The lowest BCUT2D eigenvalue weighted by atomic mass is 9.94. The second kappa shape index (κ2) is 6.57. The maximum atomic E-state index is 8.92. The van der Waals surface area contributed by atoms with Gasteiger partial charge in [-0.3, -0.25) is 0 Å². The van der Waals surface area contributed by atoms with Crippen LogP contribution in [-0.2, 0) is 0 Å². The van der Waals surface area contributed by atoms with Crippen molar-refractivity contribution in [3.05, 3.63) is 30.3 Å². The molecule has 1 aromatic carbocycles. The fourth-order valence-corrected chi connectivity index (χ4v) is 2.28. The highest BCUT2D eigenvalue weighted by atomic mass is 32.2. The zero-order valence-electron chi connectivity index (χ0n) is 9.65. The molecule has 1 unspecified atom stereocenters. The highest BCUT2D eigenvalue weighted by Gasteiger charge is 2.20. The highest BCUT2D eigenvalue weighted by molar-refractivity contribution is 7.99. The second-order valence-corrected chi connectivity index (χ2v) is 5.05. The summed E-state index contributed by atoms with van der Waals surface area (Å²) in [7, 11) is 0. The molecule has 2 N–H and O–H groups in total. The Morgan fingerprint density at radius 3 is 2.62 bits per heavy atom. The van der Waals surface area contributed by atoms with Crippen LogP contribution < -0.4 is 5.73 Å². The van der Waals surface area contributed by atoms with E-state index in [1.165, 1.54) is 4.90 Å². The van der Waals surface area contributed by atoms with E-state index < -0.39 is 5.54 Å². The number of nitrogens with two attached hydrogens (primary N) is 1. The van der Waals surface area contributed by atoms with E-state index in [0.29, 0.717) is 0 Å². The summed E-state index contributed by atoms with van der Waals surface area (Å²) in [5.74, 6) is 1.02. The minimum atomic E-state index is -0.628. The van der Waals surface area contributed by atoms with Gasteiger partial charge >= 0.3 is 0 Å². The third-order valence-corrected chi connectivity index (χ3v) is 3.73. The van der Waals surface area contributed by atoms with Gasteiger partial charge in [-0.15, -0.1) is 11.8 Å². The standard InChI is InChI=1S/C13H18N2S/c1-2-13(15,11-14)9-6-10-16-12-7-4-3-5-8-12/h3-5,7-8H,2,6,9-10,15H2,1H3. The van der Waals surface area contributed by atoms with Crippen molar-refractivity contribution >= 4 is 11.8 Å². The van der Waals surface area contributed by atoms with Crippen molar-refractivity contribution in [1.29, 1.82) is 5.26 Å². The summed E-state index contributed by atoms with van der Waals surface area (Å²) in [5.41, 5.74) is 5.28. The average Bonchev–Trinajstić information content (AvgIpc) is 2.36. The molecule has 1 rings (SSSR count). The molecule has 0 aliphatic rings. The zero-order chi connectivity index (χ0) is 11.9. The molecule has 0 saturated carbocycles.